The molecule has 6 nitrogen and oxygen atoms in total. The smallest absolute Gasteiger partial charge is 0.309 e. The van der Waals surface area contributed by atoms with Gasteiger partial charge >= 0.3 is 11.8 Å². The standard InChI is InChI=1S/C18H26N2O4/c1-23-15-10-9-13(11-16(15)24-2)12-19-17(21)18(22)20-14-7-5-3-4-6-8-14/h9-11,14H,3-8,12H2,1-2H3,(H,19,21)(H,20,22). The highest BCUT2D eigenvalue weighted by atomic mass is 16.5. The zero-order chi connectivity index (χ0) is 17.4. The molecule has 1 aromatic carbocycles. The van der Waals surface area contributed by atoms with Crippen LogP contribution in [0.1, 0.15) is 44.1 Å². The minimum Gasteiger partial charge on any atom is -0.493 e. The largest absolute Gasteiger partial charge is 0.493 e. The van der Waals surface area contributed by atoms with Crippen LogP contribution in [-0.2, 0) is 16.1 Å². The lowest BCUT2D eigenvalue weighted by Gasteiger charge is -2.16. The number of hydrogen-bond acceptors (Lipinski definition) is 4. The maximum atomic E-state index is 12.0. The van der Waals surface area contributed by atoms with E-state index >= 15 is 0 Å². The fraction of sp³-hybridized carbons (Fsp3) is 0.556. The molecule has 6 heteroatoms. The van der Waals surface area contributed by atoms with E-state index < -0.39 is 11.8 Å². The van der Waals surface area contributed by atoms with E-state index in [1.54, 1.807) is 26.4 Å². The zero-order valence-corrected chi connectivity index (χ0v) is 14.4. The summed E-state index contributed by atoms with van der Waals surface area (Å²) in [5, 5.41) is 5.49. The predicted octanol–water partition coefficient (Wildman–Crippen LogP) is 2.16. The number of hydrogen-bond donors (Lipinski definition) is 2. The summed E-state index contributed by atoms with van der Waals surface area (Å²) in [5.41, 5.74) is 0.836. The maximum absolute atomic E-state index is 12.0. The van der Waals surface area contributed by atoms with Crippen LogP contribution in [0.15, 0.2) is 18.2 Å². The van der Waals surface area contributed by atoms with Crippen LogP contribution >= 0.6 is 0 Å². The molecule has 1 aromatic rings. The maximum Gasteiger partial charge on any atom is 0.309 e. The van der Waals surface area contributed by atoms with Gasteiger partial charge in [0.05, 0.1) is 14.2 Å². The normalized spacial score (nSPS) is 15.2. The second-order valence-corrected chi connectivity index (χ2v) is 6.03. The first-order chi connectivity index (χ1) is 11.6. The predicted molar refractivity (Wildman–Crippen MR) is 91.0 cm³/mol. The molecule has 2 rings (SSSR count). The fourth-order valence-corrected chi connectivity index (χ4v) is 2.93. The fourth-order valence-electron chi connectivity index (χ4n) is 2.93. The third-order valence-electron chi connectivity index (χ3n) is 4.30. The summed E-state index contributed by atoms with van der Waals surface area (Å²) in [6.07, 6.45) is 6.54. The molecule has 1 aliphatic rings. The van der Waals surface area contributed by atoms with Crippen LogP contribution in [0.2, 0.25) is 0 Å². The van der Waals surface area contributed by atoms with Gasteiger partial charge in [0.15, 0.2) is 11.5 Å². The summed E-state index contributed by atoms with van der Waals surface area (Å²) in [6.45, 7) is 0.261. The molecule has 0 bridgehead atoms. The second kappa shape index (κ2) is 9.15. The van der Waals surface area contributed by atoms with Crippen molar-refractivity contribution >= 4 is 11.8 Å². The lowest BCUT2D eigenvalue weighted by molar-refractivity contribution is -0.139. The minimum absolute atomic E-state index is 0.117. The van der Waals surface area contributed by atoms with Crippen molar-refractivity contribution in [3.63, 3.8) is 0 Å². The van der Waals surface area contributed by atoms with Crippen molar-refractivity contribution < 1.29 is 19.1 Å². The van der Waals surface area contributed by atoms with Gasteiger partial charge in [0.25, 0.3) is 0 Å². The van der Waals surface area contributed by atoms with Crippen LogP contribution in [0.5, 0.6) is 11.5 Å². The van der Waals surface area contributed by atoms with Gasteiger partial charge < -0.3 is 20.1 Å². The van der Waals surface area contributed by atoms with Gasteiger partial charge in [-0.05, 0) is 30.5 Å². The summed E-state index contributed by atoms with van der Waals surface area (Å²) in [5.74, 6) is 0.0576. The molecule has 0 aromatic heterocycles. The molecule has 24 heavy (non-hydrogen) atoms. The molecule has 2 N–H and O–H groups in total. The van der Waals surface area contributed by atoms with Crippen LogP contribution < -0.4 is 20.1 Å². The SMILES string of the molecule is COc1ccc(CNC(=O)C(=O)NC2CCCCCC2)cc1OC. The molecule has 0 saturated heterocycles. The van der Waals surface area contributed by atoms with E-state index in [-0.39, 0.29) is 12.6 Å². The topological polar surface area (TPSA) is 76.7 Å². The number of carbonyl (C=O) groups excluding carboxylic acids is 2. The Morgan fingerprint density at radius 1 is 1.00 bits per heavy atom. The van der Waals surface area contributed by atoms with Crippen molar-refractivity contribution in [3.8, 4) is 11.5 Å². The van der Waals surface area contributed by atoms with Gasteiger partial charge in [0.2, 0.25) is 0 Å². The number of amides is 2. The molecule has 1 fully saturated rings. The molecular formula is C18H26N2O4. The third kappa shape index (κ3) is 5.15. The Bertz CT molecular complexity index is 566. The third-order valence-corrected chi connectivity index (χ3v) is 4.30. The van der Waals surface area contributed by atoms with Crippen molar-refractivity contribution in [1.82, 2.24) is 10.6 Å². The van der Waals surface area contributed by atoms with E-state index in [2.05, 4.69) is 10.6 Å². The molecule has 0 aliphatic heterocycles. The van der Waals surface area contributed by atoms with Crippen LogP contribution in [0.4, 0.5) is 0 Å². The minimum atomic E-state index is -0.603. The highest BCUT2D eigenvalue weighted by Gasteiger charge is 2.19. The molecule has 1 aliphatic carbocycles. The van der Waals surface area contributed by atoms with E-state index in [1.165, 1.54) is 12.8 Å². The van der Waals surface area contributed by atoms with E-state index in [0.717, 1.165) is 31.2 Å². The number of carbonyl (C=O) groups is 2. The van der Waals surface area contributed by atoms with Crippen molar-refractivity contribution in [2.45, 2.75) is 51.1 Å². The summed E-state index contributed by atoms with van der Waals surface area (Å²) in [7, 11) is 3.12. The lowest BCUT2D eigenvalue weighted by Crippen LogP contribution is -2.44. The summed E-state index contributed by atoms with van der Waals surface area (Å²) >= 11 is 0. The van der Waals surface area contributed by atoms with Crippen LogP contribution in [-0.4, -0.2) is 32.1 Å². The highest BCUT2D eigenvalue weighted by molar-refractivity contribution is 6.35. The molecule has 0 atom stereocenters. The van der Waals surface area contributed by atoms with Gasteiger partial charge in [-0.1, -0.05) is 31.7 Å². The van der Waals surface area contributed by atoms with Gasteiger partial charge in [0, 0.05) is 12.6 Å². The Morgan fingerprint density at radius 2 is 1.67 bits per heavy atom. The summed E-state index contributed by atoms with van der Waals surface area (Å²) in [4.78, 5) is 24.0. The number of nitrogens with one attached hydrogen (secondary N) is 2. The van der Waals surface area contributed by atoms with E-state index in [0.29, 0.717) is 11.5 Å². The van der Waals surface area contributed by atoms with Crippen LogP contribution in [0, 0.1) is 0 Å². The second-order valence-electron chi connectivity index (χ2n) is 6.03. The molecule has 0 heterocycles. The molecular weight excluding hydrogens is 308 g/mol. The van der Waals surface area contributed by atoms with Gasteiger partial charge in [-0.15, -0.1) is 0 Å². The number of rotatable bonds is 5. The number of benzene rings is 1. The number of methoxy groups -OCH3 is 2. The Balaban J connectivity index is 1.84. The van der Waals surface area contributed by atoms with E-state index in [9.17, 15) is 9.59 Å². The van der Waals surface area contributed by atoms with Gasteiger partial charge in [0.1, 0.15) is 0 Å². The van der Waals surface area contributed by atoms with Crippen LogP contribution in [0.25, 0.3) is 0 Å². The van der Waals surface area contributed by atoms with Crippen molar-refractivity contribution in [2.75, 3.05) is 14.2 Å². The average molecular weight is 334 g/mol. The molecule has 0 unspecified atom stereocenters. The number of ether oxygens (including phenoxy) is 2. The molecule has 2 amide bonds. The van der Waals surface area contributed by atoms with Crippen molar-refractivity contribution in [3.05, 3.63) is 23.8 Å². The van der Waals surface area contributed by atoms with Gasteiger partial charge in [-0.2, -0.15) is 0 Å². The summed E-state index contributed by atoms with van der Waals surface area (Å²) < 4.78 is 10.4. The molecule has 1 saturated carbocycles. The summed E-state index contributed by atoms with van der Waals surface area (Å²) in [6, 6.07) is 5.49. The van der Waals surface area contributed by atoms with E-state index in [1.807, 2.05) is 6.07 Å². The van der Waals surface area contributed by atoms with Crippen molar-refractivity contribution in [1.29, 1.82) is 0 Å². The zero-order valence-electron chi connectivity index (χ0n) is 14.4. The quantitative estimate of drug-likeness (QED) is 0.639. The Labute approximate surface area is 142 Å². The lowest BCUT2D eigenvalue weighted by atomic mass is 10.1. The average Bonchev–Trinajstić information content (AvgIpc) is 2.87. The van der Waals surface area contributed by atoms with E-state index in [4.69, 9.17) is 9.47 Å². The van der Waals surface area contributed by atoms with Gasteiger partial charge in [-0.25, -0.2) is 0 Å². The Morgan fingerprint density at radius 3 is 2.29 bits per heavy atom. The monoisotopic (exact) mass is 334 g/mol. The molecule has 0 spiro atoms. The first-order valence-electron chi connectivity index (χ1n) is 8.43. The molecule has 0 radical (unpaired) electrons. The first-order valence-corrected chi connectivity index (χ1v) is 8.43. The molecule has 132 valence electrons. The Hall–Kier alpha value is -2.24. The van der Waals surface area contributed by atoms with Crippen LogP contribution in [0.3, 0.4) is 0 Å². The van der Waals surface area contributed by atoms with Crippen molar-refractivity contribution in [2.24, 2.45) is 0 Å². The van der Waals surface area contributed by atoms with Gasteiger partial charge in [-0.3, -0.25) is 9.59 Å². The first kappa shape index (κ1) is 18.1. The Kier molecular flexibility index (Phi) is 6.90. The highest BCUT2D eigenvalue weighted by Crippen LogP contribution is 2.27.